The maximum Gasteiger partial charge on any atom is 0.308 e. The van der Waals surface area contributed by atoms with Gasteiger partial charge in [0.1, 0.15) is 5.75 Å². The van der Waals surface area contributed by atoms with Crippen molar-refractivity contribution in [2.75, 3.05) is 0 Å². The van der Waals surface area contributed by atoms with Crippen LogP contribution < -0.4 is 4.74 Å². The molecule has 20 heavy (non-hydrogen) atoms. The summed E-state index contributed by atoms with van der Waals surface area (Å²) in [5.74, 6) is 0.295. The van der Waals surface area contributed by atoms with Gasteiger partial charge in [-0.25, -0.2) is 0 Å². The molecule has 0 fully saturated rings. The van der Waals surface area contributed by atoms with Gasteiger partial charge in [-0.15, -0.1) is 11.3 Å². The highest BCUT2D eigenvalue weighted by Crippen LogP contribution is 2.38. The minimum absolute atomic E-state index is 0.309. The summed E-state index contributed by atoms with van der Waals surface area (Å²) in [6, 6.07) is 15.5. The zero-order chi connectivity index (χ0) is 14.1. The van der Waals surface area contributed by atoms with Crippen molar-refractivity contribution >= 4 is 39.0 Å². The zero-order valence-electron chi connectivity index (χ0n) is 10.7. The number of fused-ring (bicyclic) bond motifs is 1. The third-order valence-corrected chi connectivity index (χ3v) is 4.31. The number of hydrogen-bond donors (Lipinski definition) is 0. The molecule has 0 N–H and O–H groups in total. The molecule has 3 aromatic rings. The van der Waals surface area contributed by atoms with Gasteiger partial charge in [-0.3, -0.25) is 4.79 Å². The summed E-state index contributed by atoms with van der Waals surface area (Å²) in [6.45, 7) is 1.41. The molecule has 0 bridgehead atoms. The summed E-state index contributed by atoms with van der Waals surface area (Å²) >= 11 is 7.57. The highest BCUT2D eigenvalue weighted by atomic mass is 35.5. The van der Waals surface area contributed by atoms with Crippen LogP contribution in [0.1, 0.15) is 6.92 Å². The van der Waals surface area contributed by atoms with E-state index in [0.717, 1.165) is 25.5 Å². The predicted molar refractivity (Wildman–Crippen MR) is 83.6 cm³/mol. The molecule has 0 spiro atoms. The molecule has 0 amide bonds. The van der Waals surface area contributed by atoms with E-state index in [4.69, 9.17) is 16.3 Å². The van der Waals surface area contributed by atoms with E-state index in [0.29, 0.717) is 5.75 Å². The molecule has 3 rings (SSSR count). The van der Waals surface area contributed by atoms with Crippen LogP contribution in [0.3, 0.4) is 0 Å². The SMILES string of the molecule is CC(=O)Oc1cccc2sc(-c3ccc(Cl)cc3)cc12. The number of esters is 1. The van der Waals surface area contributed by atoms with Crippen molar-refractivity contribution in [1.29, 1.82) is 0 Å². The summed E-state index contributed by atoms with van der Waals surface area (Å²) in [5.41, 5.74) is 1.10. The van der Waals surface area contributed by atoms with E-state index in [-0.39, 0.29) is 5.97 Å². The van der Waals surface area contributed by atoms with Gasteiger partial charge >= 0.3 is 5.97 Å². The van der Waals surface area contributed by atoms with E-state index in [9.17, 15) is 4.79 Å². The highest BCUT2D eigenvalue weighted by Gasteiger charge is 2.10. The van der Waals surface area contributed by atoms with Crippen molar-refractivity contribution < 1.29 is 9.53 Å². The molecule has 4 heteroatoms. The summed E-state index contributed by atoms with van der Waals surface area (Å²) in [4.78, 5) is 12.3. The van der Waals surface area contributed by atoms with Gasteiger partial charge in [0.15, 0.2) is 0 Å². The normalized spacial score (nSPS) is 10.7. The van der Waals surface area contributed by atoms with Gasteiger partial charge in [0, 0.05) is 26.9 Å². The molecule has 1 aromatic heterocycles. The number of hydrogen-bond acceptors (Lipinski definition) is 3. The van der Waals surface area contributed by atoms with Gasteiger partial charge < -0.3 is 4.74 Å². The first-order valence-electron chi connectivity index (χ1n) is 6.10. The van der Waals surface area contributed by atoms with Gasteiger partial charge in [0.2, 0.25) is 0 Å². The average molecular weight is 303 g/mol. The lowest BCUT2D eigenvalue weighted by Gasteiger charge is -2.01. The number of benzene rings is 2. The van der Waals surface area contributed by atoms with Gasteiger partial charge in [0.25, 0.3) is 0 Å². The van der Waals surface area contributed by atoms with Crippen LogP contribution in [-0.4, -0.2) is 5.97 Å². The summed E-state index contributed by atoms with van der Waals surface area (Å²) in [5, 5.41) is 1.67. The van der Waals surface area contributed by atoms with Crippen LogP contribution in [0, 0.1) is 0 Å². The van der Waals surface area contributed by atoms with Crippen molar-refractivity contribution in [3.05, 3.63) is 53.6 Å². The lowest BCUT2D eigenvalue weighted by atomic mass is 10.1. The van der Waals surface area contributed by atoms with Crippen molar-refractivity contribution in [3.8, 4) is 16.2 Å². The van der Waals surface area contributed by atoms with E-state index in [2.05, 4.69) is 0 Å². The van der Waals surface area contributed by atoms with Crippen molar-refractivity contribution in [1.82, 2.24) is 0 Å². The molecule has 1 heterocycles. The van der Waals surface area contributed by atoms with Gasteiger partial charge in [-0.1, -0.05) is 29.8 Å². The molecule has 100 valence electrons. The van der Waals surface area contributed by atoms with Crippen LogP contribution in [0.4, 0.5) is 0 Å². The number of ether oxygens (including phenoxy) is 1. The number of carbonyl (C=O) groups is 1. The third kappa shape index (κ3) is 2.55. The summed E-state index contributed by atoms with van der Waals surface area (Å²) in [7, 11) is 0. The van der Waals surface area contributed by atoms with Crippen molar-refractivity contribution in [3.63, 3.8) is 0 Å². The number of carbonyl (C=O) groups excluding carboxylic acids is 1. The summed E-state index contributed by atoms with van der Waals surface area (Å²) in [6.07, 6.45) is 0. The minimum atomic E-state index is -0.309. The molecule has 0 aliphatic heterocycles. The molecular formula is C16H11ClO2S. The fraction of sp³-hybridized carbons (Fsp3) is 0.0625. The third-order valence-electron chi connectivity index (χ3n) is 2.90. The van der Waals surface area contributed by atoms with Crippen LogP contribution in [0.5, 0.6) is 5.75 Å². The second-order valence-corrected chi connectivity index (χ2v) is 5.90. The lowest BCUT2D eigenvalue weighted by Crippen LogP contribution is -2.01. The standard InChI is InChI=1S/C16H11ClO2S/c1-10(18)19-14-3-2-4-15-13(14)9-16(20-15)11-5-7-12(17)8-6-11/h2-9H,1H3. The van der Waals surface area contributed by atoms with Crippen LogP contribution in [0.25, 0.3) is 20.5 Å². The van der Waals surface area contributed by atoms with Gasteiger partial charge in [-0.2, -0.15) is 0 Å². The van der Waals surface area contributed by atoms with Crippen LogP contribution in [0.15, 0.2) is 48.5 Å². The molecule has 0 radical (unpaired) electrons. The topological polar surface area (TPSA) is 26.3 Å². The first kappa shape index (κ1) is 13.2. The predicted octanol–water partition coefficient (Wildman–Crippen LogP) is 5.15. The van der Waals surface area contributed by atoms with Crippen LogP contribution in [-0.2, 0) is 4.79 Å². The first-order valence-corrected chi connectivity index (χ1v) is 7.30. The van der Waals surface area contributed by atoms with E-state index < -0.39 is 0 Å². The molecular weight excluding hydrogens is 292 g/mol. The average Bonchev–Trinajstić information content (AvgIpc) is 2.84. The van der Waals surface area contributed by atoms with Crippen LogP contribution in [0.2, 0.25) is 5.02 Å². The fourth-order valence-corrected chi connectivity index (χ4v) is 3.24. The Balaban J connectivity index is 2.10. The molecule has 0 aliphatic carbocycles. The first-order chi connectivity index (χ1) is 9.63. The van der Waals surface area contributed by atoms with E-state index in [1.54, 1.807) is 11.3 Å². The monoisotopic (exact) mass is 302 g/mol. The maximum absolute atomic E-state index is 11.1. The Labute approximate surface area is 125 Å². The second kappa shape index (κ2) is 5.27. The Hall–Kier alpha value is -1.84. The highest BCUT2D eigenvalue weighted by molar-refractivity contribution is 7.22. The number of rotatable bonds is 2. The minimum Gasteiger partial charge on any atom is -0.426 e. The molecule has 0 atom stereocenters. The van der Waals surface area contributed by atoms with Crippen molar-refractivity contribution in [2.24, 2.45) is 0 Å². The maximum atomic E-state index is 11.1. The molecule has 2 nitrogen and oxygen atoms in total. The quantitative estimate of drug-likeness (QED) is 0.483. The Morgan fingerprint density at radius 3 is 2.60 bits per heavy atom. The Bertz CT molecular complexity index is 775. The lowest BCUT2D eigenvalue weighted by molar-refractivity contribution is -0.131. The van der Waals surface area contributed by atoms with Gasteiger partial charge in [0.05, 0.1) is 0 Å². The zero-order valence-corrected chi connectivity index (χ0v) is 12.3. The van der Waals surface area contributed by atoms with Gasteiger partial charge in [-0.05, 0) is 35.9 Å². The molecule has 0 aliphatic rings. The molecule has 0 saturated carbocycles. The Morgan fingerprint density at radius 2 is 1.90 bits per heavy atom. The van der Waals surface area contributed by atoms with E-state index in [1.807, 2.05) is 48.5 Å². The van der Waals surface area contributed by atoms with E-state index in [1.165, 1.54) is 6.92 Å². The van der Waals surface area contributed by atoms with Crippen molar-refractivity contribution in [2.45, 2.75) is 6.92 Å². The molecule has 0 saturated heterocycles. The Kier molecular flexibility index (Phi) is 3.47. The second-order valence-electron chi connectivity index (χ2n) is 4.38. The van der Waals surface area contributed by atoms with Crippen LogP contribution >= 0.6 is 22.9 Å². The fourth-order valence-electron chi connectivity index (χ4n) is 2.03. The largest absolute Gasteiger partial charge is 0.426 e. The number of thiophene rings is 1. The number of halogens is 1. The smallest absolute Gasteiger partial charge is 0.308 e. The Morgan fingerprint density at radius 1 is 1.15 bits per heavy atom. The summed E-state index contributed by atoms with van der Waals surface area (Å²) < 4.78 is 6.33. The van der Waals surface area contributed by atoms with E-state index >= 15 is 0 Å². The molecule has 2 aromatic carbocycles. The molecule has 0 unspecified atom stereocenters.